The topological polar surface area (TPSA) is 37.8 Å². The van der Waals surface area contributed by atoms with E-state index >= 15 is 0 Å². The van der Waals surface area contributed by atoms with Crippen molar-refractivity contribution in [1.29, 1.82) is 0 Å². The van der Waals surface area contributed by atoms with Gasteiger partial charge in [0.05, 0.1) is 5.69 Å². The van der Waals surface area contributed by atoms with E-state index in [1.54, 1.807) is 13.1 Å². The summed E-state index contributed by atoms with van der Waals surface area (Å²) in [4.78, 5) is 11.2. The van der Waals surface area contributed by atoms with Crippen molar-refractivity contribution in [3.05, 3.63) is 45.2 Å². The lowest BCUT2D eigenvalue weighted by Crippen LogP contribution is -2.09. The summed E-state index contributed by atoms with van der Waals surface area (Å²) < 4.78 is 2.43. The van der Waals surface area contributed by atoms with Gasteiger partial charge in [0.2, 0.25) is 0 Å². The highest BCUT2D eigenvalue weighted by atomic mass is 79.9. The number of H-pyrrole nitrogens is 1. The molecule has 0 saturated heterocycles. The summed E-state index contributed by atoms with van der Waals surface area (Å²) in [6.45, 7) is 0. The molecule has 4 heteroatoms. The van der Waals surface area contributed by atoms with Gasteiger partial charge in [-0.3, -0.25) is 14.6 Å². The Morgan fingerprint density at radius 3 is 2.64 bits per heavy atom. The van der Waals surface area contributed by atoms with Crippen molar-refractivity contribution in [2.24, 2.45) is 7.05 Å². The van der Waals surface area contributed by atoms with Gasteiger partial charge in [-0.2, -0.15) is 0 Å². The monoisotopic (exact) mass is 252 g/mol. The van der Waals surface area contributed by atoms with Crippen LogP contribution in [0.1, 0.15) is 0 Å². The van der Waals surface area contributed by atoms with Crippen LogP contribution in [-0.4, -0.2) is 9.78 Å². The first-order valence-corrected chi connectivity index (χ1v) is 4.99. The first kappa shape index (κ1) is 9.27. The number of rotatable bonds is 1. The first-order valence-electron chi connectivity index (χ1n) is 4.19. The highest BCUT2D eigenvalue weighted by Gasteiger charge is 2.05. The highest BCUT2D eigenvalue weighted by molar-refractivity contribution is 9.10. The highest BCUT2D eigenvalue weighted by Crippen LogP contribution is 2.25. The number of hydrogen-bond donors (Lipinski definition) is 1. The van der Waals surface area contributed by atoms with Crippen LogP contribution in [0.5, 0.6) is 0 Å². The lowest BCUT2D eigenvalue weighted by Gasteiger charge is -1.99. The fraction of sp³-hybridized carbons (Fsp3) is 0.100. The molecule has 3 nitrogen and oxygen atoms in total. The maximum atomic E-state index is 11.2. The smallest absolute Gasteiger partial charge is 0.266 e. The molecule has 0 unspecified atom stereocenters. The van der Waals surface area contributed by atoms with Crippen molar-refractivity contribution in [2.75, 3.05) is 0 Å². The van der Waals surface area contributed by atoms with E-state index in [-0.39, 0.29) is 5.56 Å². The number of aromatic amines is 1. The van der Waals surface area contributed by atoms with Gasteiger partial charge in [0, 0.05) is 23.2 Å². The maximum Gasteiger partial charge on any atom is 0.266 e. The van der Waals surface area contributed by atoms with Gasteiger partial charge in [-0.05, 0) is 6.07 Å². The van der Waals surface area contributed by atoms with Crippen molar-refractivity contribution in [3.63, 3.8) is 0 Å². The van der Waals surface area contributed by atoms with E-state index in [1.165, 1.54) is 4.68 Å². The van der Waals surface area contributed by atoms with Gasteiger partial charge >= 0.3 is 0 Å². The zero-order valence-corrected chi connectivity index (χ0v) is 9.21. The van der Waals surface area contributed by atoms with Crippen LogP contribution in [0.3, 0.4) is 0 Å². The molecule has 0 spiro atoms. The van der Waals surface area contributed by atoms with E-state index in [9.17, 15) is 4.79 Å². The molecule has 0 bridgehead atoms. The molecule has 14 heavy (non-hydrogen) atoms. The number of hydrogen-bond acceptors (Lipinski definition) is 1. The minimum atomic E-state index is -0.0317. The SMILES string of the molecule is Cn1[nH]c(-c2ccccc2Br)cc1=O. The molecule has 0 amide bonds. The molecule has 1 aromatic carbocycles. The second-order valence-electron chi connectivity index (χ2n) is 3.05. The lowest BCUT2D eigenvalue weighted by molar-refractivity contribution is 0.742. The molecule has 1 aromatic heterocycles. The second kappa shape index (κ2) is 3.46. The van der Waals surface area contributed by atoms with Crippen LogP contribution in [0.4, 0.5) is 0 Å². The van der Waals surface area contributed by atoms with Crippen LogP contribution in [0.15, 0.2) is 39.6 Å². The van der Waals surface area contributed by atoms with E-state index in [4.69, 9.17) is 0 Å². The van der Waals surface area contributed by atoms with Crippen molar-refractivity contribution < 1.29 is 0 Å². The summed E-state index contributed by atoms with van der Waals surface area (Å²) in [6.07, 6.45) is 0. The molecule has 0 radical (unpaired) electrons. The molecule has 72 valence electrons. The Bertz CT molecular complexity index is 513. The maximum absolute atomic E-state index is 11.2. The summed E-state index contributed by atoms with van der Waals surface area (Å²) in [5.74, 6) is 0. The Hall–Kier alpha value is -1.29. The van der Waals surface area contributed by atoms with Gasteiger partial charge in [-0.25, -0.2) is 0 Å². The van der Waals surface area contributed by atoms with Gasteiger partial charge in [0.1, 0.15) is 0 Å². The van der Waals surface area contributed by atoms with E-state index in [0.29, 0.717) is 0 Å². The number of nitrogens with zero attached hydrogens (tertiary/aromatic N) is 1. The largest absolute Gasteiger partial charge is 0.295 e. The molecule has 2 rings (SSSR count). The number of benzene rings is 1. The third kappa shape index (κ3) is 1.53. The summed E-state index contributed by atoms with van der Waals surface area (Å²) in [5, 5.41) is 2.98. The van der Waals surface area contributed by atoms with Gasteiger partial charge in [-0.15, -0.1) is 0 Å². The summed E-state index contributed by atoms with van der Waals surface area (Å²) in [5.41, 5.74) is 1.78. The molecule has 0 aliphatic heterocycles. The molecule has 0 fully saturated rings. The van der Waals surface area contributed by atoms with Crippen molar-refractivity contribution in [1.82, 2.24) is 9.78 Å². The zero-order valence-electron chi connectivity index (χ0n) is 7.62. The lowest BCUT2D eigenvalue weighted by atomic mass is 10.2. The third-order valence-electron chi connectivity index (χ3n) is 2.05. The van der Waals surface area contributed by atoms with Gasteiger partial charge in [-0.1, -0.05) is 34.1 Å². The van der Waals surface area contributed by atoms with E-state index in [1.807, 2.05) is 24.3 Å². The van der Waals surface area contributed by atoms with Crippen LogP contribution in [0.2, 0.25) is 0 Å². The standard InChI is InChI=1S/C10H9BrN2O/c1-13-10(14)6-9(12-13)7-4-2-3-5-8(7)11/h2-6,12H,1H3. The molecule has 2 aromatic rings. The zero-order chi connectivity index (χ0) is 10.1. The summed E-state index contributed by atoms with van der Waals surface area (Å²) in [6, 6.07) is 9.36. The minimum absolute atomic E-state index is 0.0317. The number of aromatic nitrogens is 2. The first-order chi connectivity index (χ1) is 6.68. The molecule has 1 heterocycles. The molecule has 0 aliphatic rings. The van der Waals surface area contributed by atoms with Crippen molar-refractivity contribution in [2.45, 2.75) is 0 Å². The average molecular weight is 253 g/mol. The van der Waals surface area contributed by atoms with Crippen LogP contribution in [-0.2, 0) is 7.05 Å². The molecule has 0 aliphatic carbocycles. The predicted octanol–water partition coefficient (Wildman–Crippen LogP) is 2.14. The summed E-state index contributed by atoms with van der Waals surface area (Å²) in [7, 11) is 1.70. The van der Waals surface area contributed by atoms with E-state index in [2.05, 4.69) is 21.0 Å². The Morgan fingerprint density at radius 2 is 2.07 bits per heavy atom. The minimum Gasteiger partial charge on any atom is -0.295 e. The Kier molecular flexibility index (Phi) is 2.29. The van der Waals surface area contributed by atoms with Gasteiger partial charge < -0.3 is 0 Å². The number of halogens is 1. The second-order valence-corrected chi connectivity index (χ2v) is 3.90. The average Bonchev–Trinajstić information content (AvgIpc) is 2.48. The van der Waals surface area contributed by atoms with E-state index < -0.39 is 0 Å². The Morgan fingerprint density at radius 1 is 1.36 bits per heavy atom. The molecular weight excluding hydrogens is 244 g/mol. The number of aryl methyl sites for hydroxylation is 1. The van der Waals surface area contributed by atoms with Gasteiger partial charge in [0.25, 0.3) is 5.56 Å². The fourth-order valence-electron chi connectivity index (χ4n) is 1.31. The molecule has 1 N–H and O–H groups in total. The molecule has 0 saturated carbocycles. The van der Waals surface area contributed by atoms with Gasteiger partial charge in [0.15, 0.2) is 0 Å². The van der Waals surface area contributed by atoms with Crippen LogP contribution < -0.4 is 5.56 Å². The van der Waals surface area contributed by atoms with E-state index in [0.717, 1.165) is 15.7 Å². The van der Waals surface area contributed by atoms with Crippen molar-refractivity contribution >= 4 is 15.9 Å². The Balaban J connectivity index is 2.60. The number of nitrogens with one attached hydrogen (secondary N) is 1. The van der Waals surface area contributed by atoms with Crippen LogP contribution >= 0.6 is 15.9 Å². The van der Waals surface area contributed by atoms with Crippen LogP contribution in [0.25, 0.3) is 11.3 Å². The molecular formula is C10H9BrN2O. The predicted molar refractivity (Wildman–Crippen MR) is 59.2 cm³/mol. The summed E-state index contributed by atoms with van der Waals surface area (Å²) >= 11 is 3.44. The third-order valence-corrected chi connectivity index (χ3v) is 2.74. The van der Waals surface area contributed by atoms with Crippen molar-refractivity contribution in [3.8, 4) is 11.3 Å². The fourth-order valence-corrected chi connectivity index (χ4v) is 1.80. The molecule has 0 atom stereocenters. The van der Waals surface area contributed by atoms with Crippen LogP contribution in [0, 0.1) is 0 Å². The Labute approximate surface area is 89.5 Å². The quantitative estimate of drug-likeness (QED) is 0.830. The normalized spacial score (nSPS) is 10.4.